The molecule has 0 radical (unpaired) electrons. The largest absolute Gasteiger partial charge is 0.322 e. The number of benzene rings is 3. The molecule has 164 valence electrons. The SMILES string of the molecule is CCCCc1ccc(C(=O)Nc2cccc(C3SCC(=O)N3c3cccc(C)c3)c2)cc1. The molecule has 1 fully saturated rings. The normalized spacial score (nSPS) is 15.8. The molecule has 1 N–H and O–H groups in total. The third-order valence-corrected chi connectivity index (χ3v) is 6.82. The minimum Gasteiger partial charge on any atom is -0.322 e. The van der Waals surface area contributed by atoms with Gasteiger partial charge in [0.1, 0.15) is 5.37 Å². The Bertz CT molecular complexity index is 1110. The Labute approximate surface area is 194 Å². The number of rotatable bonds is 7. The van der Waals surface area contributed by atoms with E-state index >= 15 is 0 Å². The molecular weight excluding hydrogens is 416 g/mol. The van der Waals surface area contributed by atoms with Crippen LogP contribution in [0.15, 0.2) is 72.8 Å². The van der Waals surface area contributed by atoms with E-state index in [2.05, 4.69) is 12.2 Å². The highest BCUT2D eigenvalue weighted by atomic mass is 32.2. The fourth-order valence-electron chi connectivity index (χ4n) is 3.90. The van der Waals surface area contributed by atoms with Crippen LogP contribution >= 0.6 is 11.8 Å². The maximum atomic E-state index is 12.8. The number of carbonyl (C=O) groups excluding carboxylic acids is 2. The molecule has 1 heterocycles. The van der Waals surface area contributed by atoms with Crippen molar-refractivity contribution in [3.05, 3.63) is 95.1 Å². The van der Waals surface area contributed by atoms with Crippen molar-refractivity contribution in [3.8, 4) is 0 Å². The first-order chi connectivity index (χ1) is 15.5. The number of amides is 2. The van der Waals surface area contributed by atoms with Crippen LogP contribution in [-0.2, 0) is 11.2 Å². The van der Waals surface area contributed by atoms with Crippen molar-refractivity contribution in [1.82, 2.24) is 0 Å². The van der Waals surface area contributed by atoms with E-state index in [1.807, 2.05) is 84.6 Å². The molecule has 1 atom stereocenters. The summed E-state index contributed by atoms with van der Waals surface area (Å²) in [5.41, 5.74) is 5.64. The quantitative estimate of drug-likeness (QED) is 0.461. The molecule has 0 saturated carbocycles. The minimum absolute atomic E-state index is 0.100. The number of hydrogen-bond acceptors (Lipinski definition) is 3. The molecule has 2 amide bonds. The van der Waals surface area contributed by atoms with E-state index in [1.54, 1.807) is 11.8 Å². The first-order valence-corrected chi connectivity index (χ1v) is 12.1. The third kappa shape index (κ3) is 5.05. The summed E-state index contributed by atoms with van der Waals surface area (Å²) in [6.45, 7) is 4.20. The second kappa shape index (κ2) is 10.0. The van der Waals surface area contributed by atoms with Gasteiger partial charge in [0.05, 0.1) is 5.75 Å². The molecule has 1 unspecified atom stereocenters. The molecule has 1 aliphatic rings. The van der Waals surface area contributed by atoms with Crippen LogP contribution in [0.3, 0.4) is 0 Å². The Kier molecular flexibility index (Phi) is 6.96. The molecule has 5 heteroatoms. The van der Waals surface area contributed by atoms with E-state index in [4.69, 9.17) is 0 Å². The molecular formula is C27H28N2O2S. The van der Waals surface area contributed by atoms with Gasteiger partial charge in [-0.2, -0.15) is 0 Å². The average molecular weight is 445 g/mol. The van der Waals surface area contributed by atoms with E-state index in [0.29, 0.717) is 11.3 Å². The van der Waals surface area contributed by atoms with Crippen LogP contribution in [0.2, 0.25) is 0 Å². The number of aryl methyl sites for hydroxylation is 2. The van der Waals surface area contributed by atoms with Crippen molar-refractivity contribution >= 4 is 35.0 Å². The van der Waals surface area contributed by atoms with Gasteiger partial charge in [0.15, 0.2) is 0 Å². The molecule has 32 heavy (non-hydrogen) atoms. The lowest BCUT2D eigenvalue weighted by molar-refractivity contribution is -0.115. The van der Waals surface area contributed by atoms with Crippen molar-refractivity contribution in [2.45, 2.75) is 38.5 Å². The Morgan fingerprint density at radius 1 is 1.06 bits per heavy atom. The highest BCUT2D eigenvalue weighted by Gasteiger charge is 2.34. The summed E-state index contributed by atoms with van der Waals surface area (Å²) in [6.07, 6.45) is 3.35. The standard InChI is InChI=1S/C27H28N2O2S/c1-3-4-8-20-12-14-21(15-13-20)26(31)28-23-10-6-9-22(17-23)27-29(25(30)18-32-27)24-11-5-7-19(2)16-24/h5-7,9-17,27H,3-4,8,18H2,1-2H3,(H,28,31). The van der Waals surface area contributed by atoms with Gasteiger partial charge in [0, 0.05) is 16.9 Å². The molecule has 3 aromatic rings. The molecule has 0 bridgehead atoms. The number of nitrogens with one attached hydrogen (secondary N) is 1. The molecule has 3 aromatic carbocycles. The topological polar surface area (TPSA) is 49.4 Å². The van der Waals surface area contributed by atoms with E-state index in [1.165, 1.54) is 5.56 Å². The number of unbranched alkanes of at least 4 members (excludes halogenated alkanes) is 1. The number of nitrogens with zero attached hydrogens (tertiary/aromatic N) is 1. The fraction of sp³-hybridized carbons (Fsp3) is 0.259. The Balaban J connectivity index is 1.50. The summed E-state index contributed by atoms with van der Waals surface area (Å²) < 4.78 is 0. The summed E-state index contributed by atoms with van der Waals surface area (Å²) in [4.78, 5) is 27.3. The van der Waals surface area contributed by atoms with Crippen LogP contribution in [0.25, 0.3) is 0 Å². The predicted molar refractivity (Wildman–Crippen MR) is 133 cm³/mol. The maximum absolute atomic E-state index is 12.8. The summed E-state index contributed by atoms with van der Waals surface area (Å²) in [6, 6.07) is 23.6. The van der Waals surface area contributed by atoms with Crippen LogP contribution in [-0.4, -0.2) is 17.6 Å². The van der Waals surface area contributed by atoms with E-state index in [9.17, 15) is 9.59 Å². The second-order valence-electron chi connectivity index (χ2n) is 8.15. The average Bonchev–Trinajstić information content (AvgIpc) is 3.19. The van der Waals surface area contributed by atoms with E-state index in [0.717, 1.165) is 41.8 Å². The fourth-order valence-corrected chi connectivity index (χ4v) is 5.07. The smallest absolute Gasteiger partial charge is 0.255 e. The molecule has 0 aromatic heterocycles. The predicted octanol–water partition coefficient (Wildman–Crippen LogP) is 6.37. The van der Waals surface area contributed by atoms with Gasteiger partial charge in [-0.1, -0.05) is 49.7 Å². The molecule has 0 aliphatic carbocycles. The summed E-state index contributed by atoms with van der Waals surface area (Å²) in [5, 5.41) is 2.90. The second-order valence-corrected chi connectivity index (χ2v) is 9.21. The van der Waals surface area contributed by atoms with Gasteiger partial charge in [0.25, 0.3) is 5.91 Å². The van der Waals surface area contributed by atoms with Crippen molar-refractivity contribution in [3.63, 3.8) is 0 Å². The van der Waals surface area contributed by atoms with Gasteiger partial charge < -0.3 is 5.32 Å². The lowest BCUT2D eigenvalue weighted by Gasteiger charge is -2.25. The minimum atomic E-state index is -0.130. The van der Waals surface area contributed by atoms with Crippen LogP contribution in [0, 0.1) is 6.92 Å². The van der Waals surface area contributed by atoms with Crippen molar-refractivity contribution in [2.75, 3.05) is 16.0 Å². The Morgan fingerprint density at radius 2 is 1.84 bits per heavy atom. The third-order valence-electron chi connectivity index (χ3n) is 5.61. The number of anilines is 2. The lowest BCUT2D eigenvalue weighted by Crippen LogP contribution is -2.27. The number of carbonyl (C=O) groups is 2. The Hall–Kier alpha value is -3.05. The molecule has 4 rings (SSSR count). The first kappa shape index (κ1) is 22.2. The zero-order chi connectivity index (χ0) is 22.5. The van der Waals surface area contributed by atoms with Gasteiger partial charge in [0.2, 0.25) is 5.91 Å². The van der Waals surface area contributed by atoms with Crippen molar-refractivity contribution in [1.29, 1.82) is 0 Å². The van der Waals surface area contributed by atoms with Gasteiger partial charge >= 0.3 is 0 Å². The van der Waals surface area contributed by atoms with Gasteiger partial charge in [-0.3, -0.25) is 14.5 Å². The van der Waals surface area contributed by atoms with E-state index < -0.39 is 0 Å². The van der Waals surface area contributed by atoms with Crippen LogP contribution in [0.4, 0.5) is 11.4 Å². The molecule has 1 saturated heterocycles. The van der Waals surface area contributed by atoms with Crippen LogP contribution in [0.5, 0.6) is 0 Å². The Morgan fingerprint density at radius 3 is 2.59 bits per heavy atom. The van der Waals surface area contributed by atoms with Crippen molar-refractivity contribution in [2.24, 2.45) is 0 Å². The molecule has 1 aliphatic heterocycles. The van der Waals surface area contributed by atoms with Gasteiger partial charge in [-0.25, -0.2) is 0 Å². The monoisotopic (exact) mass is 444 g/mol. The molecule has 4 nitrogen and oxygen atoms in total. The van der Waals surface area contributed by atoms with Gasteiger partial charge in [-0.15, -0.1) is 11.8 Å². The summed E-state index contributed by atoms with van der Waals surface area (Å²) in [5.74, 6) is 0.414. The van der Waals surface area contributed by atoms with Gasteiger partial charge in [-0.05, 0) is 72.9 Å². The highest BCUT2D eigenvalue weighted by molar-refractivity contribution is 8.00. The lowest BCUT2D eigenvalue weighted by atomic mass is 10.1. The number of thioether (sulfide) groups is 1. The first-order valence-electron chi connectivity index (χ1n) is 11.1. The summed E-state index contributed by atoms with van der Waals surface area (Å²) >= 11 is 1.61. The van der Waals surface area contributed by atoms with E-state index in [-0.39, 0.29) is 17.2 Å². The summed E-state index contributed by atoms with van der Waals surface area (Å²) in [7, 11) is 0. The van der Waals surface area contributed by atoms with Crippen LogP contribution in [0.1, 0.15) is 52.2 Å². The number of hydrogen-bond donors (Lipinski definition) is 1. The highest BCUT2D eigenvalue weighted by Crippen LogP contribution is 2.42. The van der Waals surface area contributed by atoms with Crippen molar-refractivity contribution < 1.29 is 9.59 Å². The van der Waals surface area contributed by atoms with Crippen LogP contribution < -0.4 is 10.2 Å². The zero-order valence-corrected chi connectivity index (χ0v) is 19.3. The molecule has 0 spiro atoms. The maximum Gasteiger partial charge on any atom is 0.255 e. The zero-order valence-electron chi connectivity index (χ0n) is 18.5.